The summed E-state index contributed by atoms with van der Waals surface area (Å²) in [5.74, 6) is 1.79. The van der Waals surface area contributed by atoms with Crippen LogP contribution in [0.4, 0.5) is 0 Å². The van der Waals surface area contributed by atoms with Crippen LogP contribution >= 0.6 is 0 Å². The van der Waals surface area contributed by atoms with E-state index in [0.29, 0.717) is 37.0 Å². The van der Waals surface area contributed by atoms with Crippen LogP contribution in [0.3, 0.4) is 0 Å². The number of hydrogen-bond donors (Lipinski definition) is 0. The summed E-state index contributed by atoms with van der Waals surface area (Å²) in [7, 11) is 0. The van der Waals surface area contributed by atoms with Crippen molar-refractivity contribution in [2.24, 2.45) is 0 Å². The third-order valence-electron chi connectivity index (χ3n) is 5.82. The van der Waals surface area contributed by atoms with Gasteiger partial charge in [-0.05, 0) is 50.2 Å². The molecule has 2 aromatic carbocycles. The van der Waals surface area contributed by atoms with Gasteiger partial charge in [-0.2, -0.15) is 0 Å². The summed E-state index contributed by atoms with van der Waals surface area (Å²) in [4.78, 5) is 17.1. The summed E-state index contributed by atoms with van der Waals surface area (Å²) in [5, 5.41) is 12.3. The largest absolute Gasteiger partial charge is 0.416 e. The van der Waals surface area contributed by atoms with E-state index in [1.165, 1.54) is 5.56 Å². The van der Waals surface area contributed by atoms with E-state index in [2.05, 4.69) is 20.3 Å². The highest BCUT2D eigenvalue weighted by atomic mass is 16.5. The summed E-state index contributed by atoms with van der Waals surface area (Å²) in [6, 6.07) is 17.2. The van der Waals surface area contributed by atoms with Crippen LogP contribution in [-0.4, -0.2) is 57.2 Å². The molecule has 1 aliphatic heterocycles. The molecule has 1 fully saturated rings. The van der Waals surface area contributed by atoms with Crippen molar-refractivity contribution in [3.63, 3.8) is 0 Å². The van der Waals surface area contributed by atoms with E-state index in [1.807, 2.05) is 73.3 Å². The van der Waals surface area contributed by atoms with E-state index in [4.69, 9.17) is 8.94 Å². The first-order valence-electron chi connectivity index (χ1n) is 11.0. The van der Waals surface area contributed by atoms with Gasteiger partial charge < -0.3 is 13.8 Å². The lowest BCUT2D eigenvalue weighted by Gasteiger charge is -2.34. The molecule has 3 heterocycles. The number of carbonyl (C=O) groups excluding carboxylic acids is 1. The van der Waals surface area contributed by atoms with Crippen LogP contribution in [0.2, 0.25) is 0 Å². The van der Waals surface area contributed by atoms with Gasteiger partial charge in [-0.3, -0.25) is 9.69 Å². The number of benzene rings is 2. The highest BCUT2D eigenvalue weighted by Gasteiger charge is 2.23. The zero-order valence-corrected chi connectivity index (χ0v) is 18.7. The zero-order chi connectivity index (χ0) is 22.8. The Morgan fingerprint density at radius 2 is 1.48 bits per heavy atom. The highest BCUT2D eigenvalue weighted by molar-refractivity contribution is 5.94. The van der Waals surface area contributed by atoms with Gasteiger partial charge in [-0.15, -0.1) is 10.2 Å². The predicted octanol–water partition coefficient (Wildman–Crippen LogP) is 3.97. The molecule has 1 saturated heterocycles. The lowest BCUT2D eigenvalue weighted by Crippen LogP contribution is -2.48. The lowest BCUT2D eigenvalue weighted by atomic mass is 10.1. The van der Waals surface area contributed by atoms with Crippen LogP contribution in [0, 0.1) is 13.8 Å². The van der Waals surface area contributed by atoms with Gasteiger partial charge in [0, 0.05) is 48.9 Å². The summed E-state index contributed by atoms with van der Waals surface area (Å²) in [6.45, 7) is 7.61. The molecule has 0 spiro atoms. The van der Waals surface area contributed by atoms with Crippen LogP contribution in [0.15, 0.2) is 63.5 Å². The third-order valence-corrected chi connectivity index (χ3v) is 5.82. The van der Waals surface area contributed by atoms with Crippen LogP contribution in [-0.2, 0) is 6.54 Å². The first-order chi connectivity index (χ1) is 16.0. The molecule has 1 aliphatic rings. The molecule has 0 bridgehead atoms. The molecule has 0 N–H and O–H groups in total. The second-order valence-corrected chi connectivity index (χ2v) is 8.36. The summed E-state index contributed by atoms with van der Waals surface area (Å²) in [5.41, 5.74) is 4.36. The quantitative estimate of drug-likeness (QED) is 0.461. The van der Waals surface area contributed by atoms with Gasteiger partial charge in [0.1, 0.15) is 0 Å². The van der Waals surface area contributed by atoms with Crippen molar-refractivity contribution in [1.29, 1.82) is 0 Å². The lowest BCUT2D eigenvalue weighted by molar-refractivity contribution is 0.0617. The predicted molar refractivity (Wildman–Crippen MR) is 122 cm³/mol. The van der Waals surface area contributed by atoms with Gasteiger partial charge in [-0.1, -0.05) is 22.9 Å². The van der Waals surface area contributed by atoms with Crippen LogP contribution in [0.5, 0.6) is 0 Å². The van der Waals surface area contributed by atoms with Crippen molar-refractivity contribution in [1.82, 2.24) is 25.2 Å². The monoisotopic (exact) mass is 443 g/mol. The molecule has 0 atom stereocenters. The average Bonchev–Trinajstić information content (AvgIpc) is 3.49. The Balaban J connectivity index is 1.20. The van der Waals surface area contributed by atoms with Gasteiger partial charge in [0.15, 0.2) is 5.76 Å². The van der Waals surface area contributed by atoms with E-state index in [-0.39, 0.29) is 5.91 Å². The second-order valence-electron chi connectivity index (χ2n) is 8.36. The smallest absolute Gasteiger partial charge is 0.253 e. The molecule has 8 nitrogen and oxygen atoms in total. The molecular formula is C25H25N5O3. The SMILES string of the molecule is Cc1ccc(-c2nnc(-c3ccc(C(=O)N4CCN(Cc5cc(C)no5)CC4)cc3)o2)cc1. The fraction of sp³-hybridized carbons (Fsp3) is 0.280. The van der Waals surface area contributed by atoms with Gasteiger partial charge in [0.25, 0.3) is 5.91 Å². The number of amides is 1. The standard InChI is InChI=1S/C25H25N5O3/c1-17-3-5-19(6-4-17)23-26-27-24(32-23)20-7-9-21(10-8-20)25(31)30-13-11-29(12-14-30)16-22-15-18(2)28-33-22/h3-10,15H,11-14,16H2,1-2H3. The van der Waals surface area contributed by atoms with Gasteiger partial charge in [0.2, 0.25) is 11.8 Å². The first kappa shape index (κ1) is 21.1. The number of hydrogen-bond acceptors (Lipinski definition) is 7. The van der Waals surface area contributed by atoms with Gasteiger partial charge >= 0.3 is 0 Å². The third kappa shape index (κ3) is 4.70. The van der Waals surface area contributed by atoms with E-state index in [9.17, 15) is 4.79 Å². The van der Waals surface area contributed by atoms with Crippen LogP contribution in [0.25, 0.3) is 22.9 Å². The summed E-state index contributed by atoms with van der Waals surface area (Å²) < 4.78 is 11.1. The fourth-order valence-electron chi connectivity index (χ4n) is 3.91. The number of aryl methyl sites for hydroxylation is 2. The van der Waals surface area contributed by atoms with Crippen molar-refractivity contribution in [3.05, 3.63) is 77.2 Å². The molecule has 33 heavy (non-hydrogen) atoms. The molecule has 1 amide bonds. The number of nitrogens with zero attached hydrogens (tertiary/aromatic N) is 5. The molecule has 4 aromatic rings. The van der Waals surface area contributed by atoms with Crippen molar-refractivity contribution < 1.29 is 13.7 Å². The minimum Gasteiger partial charge on any atom is -0.416 e. The van der Waals surface area contributed by atoms with E-state index >= 15 is 0 Å². The molecule has 0 saturated carbocycles. The normalized spacial score (nSPS) is 14.5. The zero-order valence-electron chi connectivity index (χ0n) is 18.7. The van der Waals surface area contributed by atoms with Crippen LogP contribution in [0.1, 0.15) is 27.4 Å². The Hall–Kier alpha value is -3.78. The Morgan fingerprint density at radius 1 is 0.879 bits per heavy atom. The molecule has 5 rings (SSSR count). The van der Waals surface area contributed by atoms with Crippen molar-refractivity contribution in [2.75, 3.05) is 26.2 Å². The molecule has 2 aromatic heterocycles. The molecule has 0 aliphatic carbocycles. The Morgan fingerprint density at radius 3 is 2.06 bits per heavy atom. The van der Waals surface area contributed by atoms with Gasteiger partial charge in [-0.25, -0.2) is 0 Å². The second kappa shape index (κ2) is 8.99. The Kier molecular flexibility index (Phi) is 5.75. The first-order valence-corrected chi connectivity index (χ1v) is 11.0. The number of piperazine rings is 1. The van der Waals surface area contributed by atoms with Crippen molar-refractivity contribution >= 4 is 5.91 Å². The van der Waals surface area contributed by atoms with E-state index in [0.717, 1.165) is 35.7 Å². The number of carbonyl (C=O) groups is 1. The Bertz CT molecular complexity index is 1240. The maximum Gasteiger partial charge on any atom is 0.253 e. The highest BCUT2D eigenvalue weighted by Crippen LogP contribution is 2.24. The number of rotatable bonds is 5. The minimum absolute atomic E-state index is 0.0302. The number of aromatic nitrogens is 3. The topological polar surface area (TPSA) is 88.5 Å². The molecule has 168 valence electrons. The average molecular weight is 444 g/mol. The van der Waals surface area contributed by atoms with Gasteiger partial charge in [0.05, 0.1) is 12.2 Å². The Labute approximate surface area is 191 Å². The summed E-state index contributed by atoms with van der Waals surface area (Å²) in [6.07, 6.45) is 0. The molecular weight excluding hydrogens is 418 g/mol. The maximum atomic E-state index is 13.0. The fourth-order valence-corrected chi connectivity index (χ4v) is 3.91. The molecule has 0 unspecified atom stereocenters. The van der Waals surface area contributed by atoms with Crippen molar-refractivity contribution in [2.45, 2.75) is 20.4 Å². The summed E-state index contributed by atoms with van der Waals surface area (Å²) >= 11 is 0. The minimum atomic E-state index is 0.0302. The molecule has 8 heteroatoms. The van der Waals surface area contributed by atoms with Crippen molar-refractivity contribution in [3.8, 4) is 22.9 Å². The van der Waals surface area contributed by atoms with E-state index < -0.39 is 0 Å². The molecule has 0 radical (unpaired) electrons. The van der Waals surface area contributed by atoms with Crippen LogP contribution < -0.4 is 0 Å². The van der Waals surface area contributed by atoms with E-state index in [1.54, 1.807) is 0 Å². The maximum absolute atomic E-state index is 13.0.